The lowest BCUT2D eigenvalue weighted by atomic mass is 9.97. The molecular weight excluding hydrogens is 160 g/mol. The molecule has 0 amide bonds. The molecule has 4 atom stereocenters. The van der Waals surface area contributed by atoms with Gasteiger partial charge in [0.15, 0.2) is 0 Å². The van der Waals surface area contributed by atoms with E-state index < -0.39 is 18.3 Å². The topological polar surface area (TPSA) is 80.9 Å². The molecule has 74 valence electrons. The van der Waals surface area contributed by atoms with Crippen LogP contribution in [0, 0.1) is 5.92 Å². The van der Waals surface area contributed by atoms with E-state index >= 15 is 0 Å². The molecule has 0 spiro atoms. The highest BCUT2D eigenvalue weighted by Crippen LogP contribution is 2.10. The van der Waals surface area contributed by atoms with E-state index in [2.05, 4.69) is 0 Å². The first-order chi connectivity index (χ1) is 5.49. The Morgan fingerprint density at radius 3 is 1.92 bits per heavy atom. The third-order valence-electron chi connectivity index (χ3n) is 1.85. The maximum Gasteiger partial charge on any atom is 0.0847 e. The van der Waals surface area contributed by atoms with Crippen molar-refractivity contribution in [3.05, 3.63) is 0 Å². The molecule has 0 aliphatic carbocycles. The number of aliphatic hydroxyl groups is 4. The van der Waals surface area contributed by atoms with E-state index in [0.717, 1.165) is 0 Å². The molecule has 4 unspecified atom stereocenters. The molecule has 0 aromatic rings. The first-order valence-electron chi connectivity index (χ1n) is 4.14. The molecule has 0 fully saturated rings. The van der Waals surface area contributed by atoms with E-state index in [1.807, 2.05) is 0 Å². The summed E-state index contributed by atoms with van der Waals surface area (Å²) in [6, 6.07) is 0. The third kappa shape index (κ3) is 4.01. The summed E-state index contributed by atoms with van der Waals surface area (Å²) < 4.78 is 0. The Morgan fingerprint density at radius 2 is 1.58 bits per heavy atom. The van der Waals surface area contributed by atoms with Crippen LogP contribution in [0.3, 0.4) is 0 Å². The molecule has 12 heavy (non-hydrogen) atoms. The van der Waals surface area contributed by atoms with Gasteiger partial charge in [-0.1, -0.05) is 6.92 Å². The smallest absolute Gasteiger partial charge is 0.0847 e. The number of rotatable bonds is 5. The molecule has 0 saturated carbocycles. The largest absolute Gasteiger partial charge is 0.396 e. The molecule has 0 heterocycles. The lowest BCUT2D eigenvalue weighted by Crippen LogP contribution is -2.35. The molecule has 0 aromatic carbocycles. The average Bonchev–Trinajstić information content (AvgIpc) is 2.00. The standard InChI is InChI=1S/C8H18O4/c1-5(4-9)8(12)7(11)3-6(2)10/h5-12H,3-4H2,1-2H3. The van der Waals surface area contributed by atoms with Gasteiger partial charge in [-0.3, -0.25) is 0 Å². The molecule has 0 aliphatic heterocycles. The summed E-state index contributed by atoms with van der Waals surface area (Å²) in [7, 11) is 0. The van der Waals surface area contributed by atoms with Gasteiger partial charge >= 0.3 is 0 Å². The Labute approximate surface area is 72.5 Å². The molecule has 0 bridgehead atoms. The van der Waals surface area contributed by atoms with Crippen molar-refractivity contribution < 1.29 is 20.4 Å². The predicted molar refractivity (Wildman–Crippen MR) is 44.6 cm³/mol. The molecule has 0 aliphatic rings. The lowest BCUT2D eigenvalue weighted by Gasteiger charge is -2.23. The molecule has 0 saturated heterocycles. The van der Waals surface area contributed by atoms with Gasteiger partial charge in [0, 0.05) is 18.9 Å². The minimum Gasteiger partial charge on any atom is -0.396 e. The number of hydrogen-bond acceptors (Lipinski definition) is 4. The van der Waals surface area contributed by atoms with Gasteiger partial charge in [-0.05, 0) is 6.92 Å². The highest BCUT2D eigenvalue weighted by molar-refractivity contribution is 4.73. The fourth-order valence-corrected chi connectivity index (χ4v) is 0.976. The molecule has 4 heteroatoms. The van der Waals surface area contributed by atoms with Crippen molar-refractivity contribution in [2.24, 2.45) is 5.92 Å². The first kappa shape index (κ1) is 11.8. The Kier molecular flexibility index (Phi) is 5.41. The van der Waals surface area contributed by atoms with Crippen LogP contribution in [-0.4, -0.2) is 45.3 Å². The van der Waals surface area contributed by atoms with Crippen LogP contribution in [0.4, 0.5) is 0 Å². The third-order valence-corrected chi connectivity index (χ3v) is 1.85. The Hall–Kier alpha value is -0.160. The second-order valence-electron chi connectivity index (χ2n) is 3.30. The van der Waals surface area contributed by atoms with Crippen molar-refractivity contribution in [3.8, 4) is 0 Å². The van der Waals surface area contributed by atoms with Crippen molar-refractivity contribution >= 4 is 0 Å². The van der Waals surface area contributed by atoms with Crippen LogP contribution >= 0.6 is 0 Å². The number of hydrogen-bond donors (Lipinski definition) is 4. The zero-order chi connectivity index (χ0) is 9.72. The fourth-order valence-electron chi connectivity index (χ4n) is 0.976. The van der Waals surface area contributed by atoms with Crippen LogP contribution in [0.1, 0.15) is 20.3 Å². The van der Waals surface area contributed by atoms with Crippen molar-refractivity contribution in [2.75, 3.05) is 6.61 Å². The monoisotopic (exact) mass is 178 g/mol. The van der Waals surface area contributed by atoms with Gasteiger partial charge in [0.1, 0.15) is 0 Å². The van der Waals surface area contributed by atoms with E-state index in [-0.39, 0.29) is 18.9 Å². The maximum absolute atomic E-state index is 9.31. The SMILES string of the molecule is CC(O)CC(O)C(O)C(C)CO. The molecule has 4 N–H and O–H groups in total. The van der Waals surface area contributed by atoms with Crippen LogP contribution in [0.25, 0.3) is 0 Å². The van der Waals surface area contributed by atoms with Crippen molar-refractivity contribution in [1.29, 1.82) is 0 Å². The molecule has 4 nitrogen and oxygen atoms in total. The van der Waals surface area contributed by atoms with Crippen LogP contribution < -0.4 is 0 Å². The van der Waals surface area contributed by atoms with Crippen molar-refractivity contribution in [2.45, 2.75) is 38.6 Å². The molecule has 0 aromatic heterocycles. The highest BCUT2D eigenvalue weighted by Gasteiger charge is 2.23. The van der Waals surface area contributed by atoms with Gasteiger partial charge in [0.05, 0.1) is 18.3 Å². The minimum atomic E-state index is -0.968. The number of aliphatic hydroxyl groups excluding tert-OH is 4. The quantitative estimate of drug-likeness (QED) is 0.440. The van der Waals surface area contributed by atoms with E-state index in [4.69, 9.17) is 10.2 Å². The van der Waals surface area contributed by atoms with Crippen LogP contribution in [0.5, 0.6) is 0 Å². The second kappa shape index (κ2) is 5.48. The fraction of sp³-hybridized carbons (Fsp3) is 1.00. The van der Waals surface area contributed by atoms with Crippen LogP contribution in [0.15, 0.2) is 0 Å². The van der Waals surface area contributed by atoms with Gasteiger partial charge in [0.25, 0.3) is 0 Å². The van der Waals surface area contributed by atoms with E-state index in [0.29, 0.717) is 0 Å². The normalized spacial score (nSPS) is 21.5. The van der Waals surface area contributed by atoms with Crippen molar-refractivity contribution in [3.63, 3.8) is 0 Å². The van der Waals surface area contributed by atoms with Crippen LogP contribution in [0.2, 0.25) is 0 Å². The van der Waals surface area contributed by atoms with Gasteiger partial charge in [-0.25, -0.2) is 0 Å². The molecule has 0 rings (SSSR count). The summed E-state index contributed by atoms with van der Waals surface area (Å²) in [4.78, 5) is 0. The zero-order valence-corrected chi connectivity index (χ0v) is 7.51. The minimum absolute atomic E-state index is 0.130. The Balaban J connectivity index is 3.83. The second-order valence-corrected chi connectivity index (χ2v) is 3.30. The summed E-state index contributed by atoms with van der Waals surface area (Å²) in [6.45, 7) is 3.01. The lowest BCUT2D eigenvalue weighted by molar-refractivity contribution is -0.0449. The van der Waals surface area contributed by atoms with Gasteiger partial charge in [0.2, 0.25) is 0 Å². The predicted octanol–water partition coefficient (Wildman–Crippen LogP) is -0.893. The van der Waals surface area contributed by atoms with E-state index in [1.165, 1.54) is 0 Å². The Bertz CT molecular complexity index is 116. The van der Waals surface area contributed by atoms with E-state index in [1.54, 1.807) is 13.8 Å². The van der Waals surface area contributed by atoms with Gasteiger partial charge in [-0.2, -0.15) is 0 Å². The molecule has 0 radical (unpaired) electrons. The zero-order valence-electron chi connectivity index (χ0n) is 7.51. The summed E-state index contributed by atoms with van der Waals surface area (Å²) >= 11 is 0. The van der Waals surface area contributed by atoms with Crippen molar-refractivity contribution in [1.82, 2.24) is 0 Å². The first-order valence-corrected chi connectivity index (χ1v) is 4.14. The van der Waals surface area contributed by atoms with Gasteiger partial charge < -0.3 is 20.4 Å². The van der Waals surface area contributed by atoms with Gasteiger partial charge in [-0.15, -0.1) is 0 Å². The maximum atomic E-state index is 9.31. The van der Waals surface area contributed by atoms with Crippen LogP contribution in [-0.2, 0) is 0 Å². The highest BCUT2D eigenvalue weighted by atomic mass is 16.3. The summed E-state index contributed by atoms with van der Waals surface area (Å²) in [6.07, 6.45) is -2.44. The Morgan fingerprint density at radius 1 is 1.08 bits per heavy atom. The summed E-state index contributed by atoms with van der Waals surface area (Å²) in [5.41, 5.74) is 0. The summed E-state index contributed by atoms with van der Waals surface area (Å²) in [5, 5.41) is 36.1. The average molecular weight is 178 g/mol. The van der Waals surface area contributed by atoms with E-state index in [9.17, 15) is 10.2 Å². The molecular formula is C8H18O4. The summed E-state index contributed by atoms with van der Waals surface area (Å²) in [5.74, 6) is -0.362.